The molecule has 18 heavy (non-hydrogen) atoms. The Balaban J connectivity index is 1.47. The van der Waals surface area contributed by atoms with Crippen LogP contribution in [0, 0.1) is 5.92 Å². The third kappa shape index (κ3) is 5.22. The Morgan fingerprint density at radius 3 is 2.94 bits per heavy atom. The molecule has 1 saturated carbocycles. The van der Waals surface area contributed by atoms with E-state index in [4.69, 9.17) is 9.47 Å². The molecule has 4 heteroatoms. The Bertz CT molecular complexity index is 232. The van der Waals surface area contributed by atoms with Crippen molar-refractivity contribution >= 4 is 0 Å². The van der Waals surface area contributed by atoms with Crippen molar-refractivity contribution in [3.8, 4) is 0 Å². The Kier molecular flexibility index (Phi) is 5.89. The number of morpholine rings is 1. The van der Waals surface area contributed by atoms with Gasteiger partial charge >= 0.3 is 0 Å². The van der Waals surface area contributed by atoms with Gasteiger partial charge in [0.25, 0.3) is 0 Å². The molecule has 1 N–H and O–H groups in total. The minimum Gasteiger partial charge on any atom is -0.380 e. The average Bonchev–Trinajstić information content (AvgIpc) is 3.18. The normalized spacial score (nSPS) is 25.8. The second-order valence-corrected chi connectivity index (χ2v) is 5.80. The van der Waals surface area contributed by atoms with Crippen LogP contribution in [-0.2, 0) is 9.47 Å². The van der Waals surface area contributed by atoms with E-state index in [0.717, 1.165) is 51.9 Å². The average molecular weight is 256 g/mol. The van der Waals surface area contributed by atoms with E-state index in [1.807, 2.05) is 0 Å². The monoisotopic (exact) mass is 256 g/mol. The highest BCUT2D eigenvalue weighted by molar-refractivity contribution is 4.75. The summed E-state index contributed by atoms with van der Waals surface area (Å²) in [5, 5.41) is 3.43. The number of nitrogens with one attached hydrogen (secondary N) is 1. The van der Waals surface area contributed by atoms with E-state index in [1.165, 1.54) is 12.8 Å². The lowest BCUT2D eigenvalue weighted by atomic mass is 10.2. The molecule has 1 heterocycles. The molecule has 1 aliphatic heterocycles. The number of ether oxygens (including phenoxy) is 2. The summed E-state index contributed by atoms with van der Waals surface area (Å²) in [7, 11) is 0. The molecule has 0 spiro atoms. The molecule has 0 aromatic rings. The molecule has 0 bridgehead atoms. The maximum atomic E-state index is 5.77. The zero-order chi connectivity index (χ0) is 12.8. The van der Waals surface area contributed by atoms with Crippen molar-refractivity contribution in [2.75, 3.05) is 46.0 Å². The molecule has 0 aromatic carbocycles. The zero-order valence-electron chi connectivity index (χ0n) is 11.9. The lowest BCUT2D eigenvalue weighted by molar-refractivity contribution is -0.0376. The number of hydrogen-bond acceptors (Lipinski definition) is 4. The second kappa shape index (κ2) is 7.43. The first-order valence-corrected chi connectivity index (χ1v) is 7.40. The number of hydrogen-bond donors (Lipinski definition) is 1. The van der Waals surface area contributed by atoms with Crippen LogP contribution in [0.2, 0.25) is 0 Å². The fraction of sp³-hybridized carbons (Fsp3) is 1.00. The molecule has 1 aliphatic carbocycles. The first kappa shape index (κ1) is 14.3. The van der Waals surface area contributed by atoms with Crippen molar-refractivity contribution in [2.45, 2.75) is 38.8 Å². The molecular weight excluding hydrogens is 228 g/mol. The van der Waals surface area contributed by atoms with Gasteiger partial charge in [-0.1, -0.05) is 0 Å². The molecule has 4 nitrogen and oxygen atoms in total. The summed E-state index contributed by atoms with van der Waals surface area (Å²) in [5.74, 6) is 0.867. The third-order valence-electron chi connectivity index (χ3n) is 3.75. The van der Waals surface area contributed by atoms with Crippen LogP contribution in [0.5, 0.6) is 0 Å². The van der Waals surface area contributed by atoms with Crippen LogP contribution in [0.25, 0.3) is 0 Å². The molecule has 0 aromatic heterocycles. The van der Waals surface area contributed by atoms with E-state index in [0.29, 0.717) is 12.1 Å². The van der Waals surface area contributed by atoms with E-state index in [9.17, 15) is 0 Å². The summed E-state index contributed by atoms with van der Waals surface area (Å²) in [5.41, 5.74) is 0. The highest BCUT2D eigenvalue weighted by Crippen LogP contribution is 2.28. The summed E-state index contributed by atoms with van der Waals surface area (Å²) in [4.78, 5) is 2.49. The van der Waals surface area contributed by atoms with Crippen molar-refractivity contribution in [1.82, 2.24) is 10.2 Å². The fourth-order valence-corrected chi connectivity index (χ4v) is 2.28. The van der Waals surface area contributed by atoms with Crippen LogP contribution < -0.4 is 5.32 Å². The fourth-order valence-electron chi connectivity index (χ4n) is 2.28. The number of nitrogens with zero attached hydrogens (tertiary/aromatic N) is 1. The summed E-state index contributed by atoms with van der Waals surface area (Å²) < 4.78 is 11.4. The molecule has 1 atom stereocenters. The van der Waals surface area contributed by atoms with Crippen LogP contribution in [0.4, 0.5) is 0 Å². The predicted octanol–water partition coefficient (Wildman–Crippen LogP) is 1.11. The second-order valence-electron chi connectivity index (χ2n) is 5.80. The van der Waals surface area contributed by atoms with E-state index in [1.54, 1.807) is 0 Å². The van der Waals surface area contributed by atoms with Crippen LogP contribution in [0.3, 0.4) is 0 Å². The smallest absolute Gasteiger partial charge is 0.0826 e. The van der Waals surface area contributed by atoms with Crippen LogP contribution in [0.15, 0.2) is 0 Å². The largest absolute Gasteiger partial charge is 0.380 e. The van der Waals surface area contributed by atoms with Gasteiger partial charge < -0.3 is 14.8 Å². The number of rotatable bonds is 8. The van der Waals surface area contributed by atoms with Gasteiger partial charge in [-0.2, -0.15) is 0 Å². The van der Waals surface area contributed by atoms with E-state index < -0.39 is 0 Å². The van der Waals surface area contributed by atoms with Gasteiger partial charge in [-0.25, -0.2) is 0 Å². The van der Waals surface area contributed by atoms with Crippen LogP contribution in [0.1, 0.15) is 26.7 Å². The van der Waals surface area contributed by atoms with Crippen molar-refractivity contribution in [1.29, 1.82) is 0 Å². The highest BCUT2D eigenvalue weighted by atomic mass is 16.5. The van der Waals surface area contributed by atoms with Crippen molar-refractivity contribution in [2.24, 2.45) is 5.92 Å². The molecular formula is C14H28N2O2. The molecule has 0 amide bonds. The summed E-state index contributed by atoms with van der Waals surface area (Å²) in [6.07, 6.45) is 3.08. The van der Waals surface area contributed by atoms with Gasteiger partial charge in [0.05, 0.1) is 19.3 Å². The van der Waals surface area contributed by atoms with Crippen LogP contribution >= 0.6 is 0 Å². The van der Waals surface area contributed by atoms with E-state index >= 15 is 0 Å². The van der Waals surface area contributed by atoms with Gasteiger partial charge in [0, 0.05) is 38.8 Å². The standard InChI is InChI=1S/C14H28N2O2/c1-12(2)16-6-8-18-14(10-16)9-15-5-7-17-11-13-3-4-13/h12-15H,3-11H2,1-2H3. The van der Waals surface area contributed by atoms with E-state index in [2.05, 4.69) is 24.1 Å². The SMILES string of the molecule is CC(C)N1CCOC(CNCCOCC2CC2)C1. The summed E-state index contributed by atoms with van der Waals surface area (Å²) in [6, 6.07) is 0.623. The minimum atomic E-state index is 0.338. The Morgan fingerprint density at radius 1 is 1.39 bits per heavy atom. The first-order valence-electron chi connectivity index (χ1n) is 7.40. The quantitative estimate of drug-likeness (QED) is 0.660. The van der Waals surface area contributed by atoms with Gasteiger partial charge in [-0.05, 0) is 32.6 Å². The predicted molar refractivity (Wildman–Crippen MR) is 72.9 cm³/mol. The summed E-state index contributed by atoms with van der Waals surface area (Å²) >= 11 is 0. The maximum Gasteiger partial charge on any atom is 0.0826 e. The zero-order valence-corrected chi connectivity index (χ0v) is 11.9. The first-order chi connectivity index (χ1) is 8.75. The maximum absolute atomic E-state index is 5.77. The summed E-state index contributed by atoms with van der Waals surface area (Å²) in [6.45, 7) is 11.2. The van der Waals surface area contributed by atoms with E-state index in [-0.39, 0.29) is 0 Å². The van der Waals surface area contributed by atoms with Crippen molar-refractivity contribution < 1.29 is 9.47 Å². The molecule has 0 radical (unpaired) electrons. The minimum absolute atomic E-state index is 0.338. The van der Waals surface area contributed by atoms with Gasteiger partial charge in [0.2, 0.25) is 0 Å². The van der Waals surface area contributed by atoms with Crippen molar-refractivity contribution in [3.05, 3.63) is 0 Å². The van der Waals surface area contributed by atoms with Crippen molar-refractivity contribution in [3.63, 3.8) is 0 Å². The Morgan fingerprint density at radius 2 is 2.22 bits per heavy atom. The molecule has 2 fully saturated rings. The molecule has 2 aliphatic rings. The topological polar surface area (TPSA) is 33.7 Å². The molecule has 2 rings (SSSR count). The van der Waals surface area contributed by atoms with Gasteiger partial charge in [-0.3, -0.25) is 4.90 Å². The lowest BCUT2D eigenvalue weighted by Gasteiger charge is -2.35. The van der Waals surface area contributed by atoms with Gasteiger partial charge in [0.15, 0.2) is 0 Å². The van der Waals surface area contributed by atoms with Crippen LogP contribution in [-0.4, -0.2) is 63.0 Å². The molecule has 1 saturated heterocycles. The molecule has 106 valence electrons. The van der Waals surface area contributed by atoms with Gasteiger partial charge in [0.1, 0.15) is 0 Å². The van der Waals surface area contributed by atoms with Gasteiger partial charge in [-0.15, -0.1) is 0 Å². The lowest BCUT2D eigenvalue weighted by Crippen LogP contribution is -2.49. The third-order valence-corrected chi connectivity index (χ3v) is 3.75. The Labute approximate surface area is 111 Å². The highest BCUT2D eigenvalue weighted by Gasteiger charge is 2.22. The molecule has 1 unspecified atom stereocenters. The Hall–Kier alpha value is -0.160.